The van der Waals surface area contributed by atoms with Crippen LogP contribution in [0, 0.1) is 0 Å². The summed E-state index contributed by atoms with van der Waals surface area (Å²) in [5, 5.41) is 23.7. The Hall–Kier alpha value is -4.98. The lowest BCUT2D eigenvalue weighted by atomic mass is 9.87. The molecule has 0 heterocycles. The number of hydrogen-bond donors (Lipinski definition) is 3. The molecule has 0 bridgehead atoms. The first kappa shape index (κ1) is 29.6. The largest absolute Gasteiger partial charge is 0.507 e. The third kappa shape index (κ3) is 8.26. The maximum absolute atomic E-state index is 12.8. The number of nitrogens with one attached hydrogen (secondary N) is 1. The smallest absolute Gasteiger partial charge is 0.271 e. The van der Waals surface area contributed by atoms with Crippen molar-refractivity contribution in [3.63, 3.8) is 0 Å². The predicted molar refractivity (Wildman–Crippen MR) is 156 cm³/mol. The number of phenols is 2. The Kier molecular flexibility index (Phi) is 9.76. The highest BCUT2D eigenvalue weighted by Crippen LogP contribution is 2.27. The van der Waals surface area contributed by atoms with E-state index in [-0.39, 0.29) is 46.1 Å². The fourth-order valence-electron chi connectivity index (χ4n) is 3.63. The summed E-state index contributed by atoms with van der Waals surface area (Å²) < 4.78 is 5.14. The topological polar surface area (TPSA) is 125 Å². The number of ether oxygens (including phenoxy) is 1. The Labute approximate surface area is 233 Å². The molecule has 3 N–H and O–H groups in total. The first-order valence-electron chi connectivity index (χ1n) is 12.5. The number of methoxy groups -OCH3 is 1. The second kappa shape index (κ2) is 13.2. The van der Waals surface area contributed by atoms with Crippen molar-refractivity contribution in [1.29, 1.82) is 0 Å². The van der Waals surface area contributed by atoms with Gasteiger partial charge >= 0.3 is 0 Å². The molecule has 0 saturated carbocycles. The van der Waals surface area contributed by atoms with Gasteiger partial charge in [-0.25, -0.2) is 5.43 Å². The van der Waals surface area contributed by atoms with Gasteiger partial charge in [0.25, 0.3) is 5.91 Å². The second-order valence-corrected chi connectivity index (χ2v) is 10.0. The maximum Gasteiger partial charge on any atom is 0.271 e. The molecule has 0 radical (unpaired) electrons. The number of ketones is 1. The van der Waals surface area contributed by atoms with Crippen molar-refractivity contribution >= 4 is 35.8 Å². The van der Waals surface area contributed by atoms with Gasteiger partial charge in [-0.05, 0) is 70.7 Å². The number of carbonyl (C=O) groups excluding carboxylic acids is 3. The number of aromatic hydroxyl groups is 2. The molecule has 0 aliphatic heterocycles. The summed E-state index contributed by atoms with van der Waals surface area (Å²) in [7, 11) is 1.44. The molecule has 3 aromatic rings. The van der Waals surface area contributed by atoms with Gasteiger partial charge in [-0.15, -0.1) is 0 Å². The van der Waals surface area contributed by atoms with Crippen LogP contribution in [0.4, 0.5) is 0 Å². The fourth-order valence-corrected chi connectivity index (χ4v) is 3.63. The first-order valence-corrected chi connectivity index (χ1v) is 12.5. The number of benzene rings is 3. The summed E-state index contributed by atoms with van der Waals surface area (Å²) in [5.74, 6) is -0.601. The molecule has 3 aromatic carbocycles. The number of nitrogens with zero attached hydrogens (tertiary/aromatic N) is 1. The van der Waals surface area contributed by atoms with E-state index in [9.17, 15) is 24.6 Å². The van der Waals surface area contributed by atoms with E-state index >= 15 is 0 Å². The van der Waals surface area contributed by atoms with Crippen molar-refractivity contribution in [2.75, 3.05) is 7.11 Å². The molecule has 0 aliphatic rings. The van der Waals surface area contributed by atoms with Crippen LogP contribution in [0.5, 0.6) is 17.2 Å². The summed E-state index contributed by atoms with van der Waals surface area (Å²) in [6.45, 7) is 6.26. The molecule has 0 spiro atoms. The van der Waals surface area contributed by atoms with Gasteiger partial charge in [0.1, 0.15) is 5.75 Å². The molecule has 8 nitrogen and oxygen atoms in total. The van der Waals surface area contributed by atoms with E-state index < -0.39 is 5.91 Å². The average Bonchev–Trinajstić information content (AvgIpc) is 2.94. The van der Waals surface area contributed by atoms with E-state index in [1.165, 1.54) is 37.5 Å². The summed E-state index contributed by atoms with van der Waals surface area (Å²) in [4.78, 5) is 36.6. The lowest BCUT2D eigenvalue weighted by Crippen LogP contribution is -2.20. The molecule has 8 heteroatoms. The Morgan fingerprint density at radius 1 is 0.900 bits per heavy atom. The normalized spacial score (nSPS) is 12.1. The molecule has 0 unspecified atom stereocenters. The Morgan fingerprint density at radius 3 is 2.15 bits per heavy atom. The monoisotopic (exact) mass is 540 g/mol. The van der Waals surface area contributed by atoms with Crippen molar-refractivity contribution in [1.82, 2.24) is 5.43 Å². The highest BCUT2D eigenvalue weighted by Gasteiger charge is 2.14. The highest BCUT2D eigenvalue weighted by molar-refractivity contribution is 6.13. The van der Waals surface area contributed by atoms with E-state index in [0.29, 0.717) is 23.0 Å². The number of phenolic OH excluding ortho intramolecular Hbond substituents is 2. The van der Waals surface area contributed by atoms with Crippen LogP contribution in [0.15, 0.2) is 77.9 Å². The van der Waals surface area contributed by atoms with Gasteiger partial charge in [0, 0.05) is 5.56 Å². The minimum Gasteiger partial charge on any atom is -0.507 e. The van der Waals surface area contributed by atoms with Crippen LogP contribution >= 0.6 is 0 Å². The summed E-state index contributed by atoms with van der Waals surface area (Å²) >= 11 is 0. The molecule has 0 aliphatic carbocycles. The van der Waals surface area contributed by atoms with Crippen LogP contribution in [-0.4, -0.2) is 41.0 Å². The summed E-state index contributed by atoms with van der Waals surface area (Å²) in [5.41, 5.74) is 5.61. The predicted octanol–water partition coefficient (Wildman–Crippen LogP) is 5.69. The van der Waals surface area contributed by atoms with E-state index in [2.05, 4.69) is 31.3 Å². The van der Waals surface area contributed by atoms with Crippen molar-refractivity contribution in [2.45, 2.75) is 32.6 Å². The highest BCUT2D eigenvalue weighted by atomic mass is 16.5. The van der Waals surface area contributed by atoms with Gasteiger partial charge in [-0.2, -0.15) is 5.10 Å². The van der Waals surface area contributed by atoms with Crippen LogP contribution in [0.25, 0.3) is 12.2 Å². The van der Waals surface area contributed by atoms with E-state index in [4.69, 9.17) is 4.74 Å². The van der Waals surface area contributed by atoms with E-state index in [1.54, 1.807) is 42.5 Å². The van der Waals surface area contributed by atoms with Gasteiger partial charge in [-0.1, -0.05) is 57.2 Å². The molecule has 1 amide bonds. The van der Waals surface area contributed by atoms with Crippen molar-refractivity contribution in [3.05, 3.63) is 101 Å². The van der Waals surface area contributed by atoms with Crippen molar-refractivity contribution < 1.29 is 29.3 Å². The molecule has 40 heavy (non-hydrogen) atoms. The van der Waals surface area contributed by atoms with Crippen molar-refractivity contribution in [3.8, 4) is 17.2 Å². The minimum absolute atomic E-state index is 0.00874. The SMILES string of the molecule is COc1cc(/C=C/C(CC(=O)/C=C/c2ccc(O)c(C=O)c2)=N\NC(=O)c2ccc(C(C)(C)C)cc2)ccc1O. The Bertz CT molecular complexity index is 1480. The number of carbonyl (C=O) groups is 3. The Balaban J connectivity index is 1.82. The summed E-state index contributed by atoms with van der Waals surface area (Å²) in [6.07, 6.45) is 6.52. The molecule has 3 rings (SSSR count). The average molecular weight is 541 g/mol. The van der Waals surface area contributed by atoms with Crippen molar-refractivity contribution in [2.24, 2.45) is 5.10 Å². The zero-order valence-electron chi connectivity index (χ0n) is 22.8. The number of aldehydes is 1. The van der Waals surface area contributed by atoms with Crippen LogP contribution in [0.2, 0.25) is 0 Å². The molecule has 0 fully saturated rings. The zero-order chi connectivity index (χ0) is 29.3. The Morgan fingerprint density at radius 2 is 1.52 bits per heavy atom. The molecule has 0 saturated heterocycles. The van der Waals surface area contributed by atoms with Gasteiger partial charge in [-0.3, -0.25) is 14.4 Å². The summed E-state index contributed by atoms with van der Waals surface area (Å²) in [6, 6.07) is 16.4. The number of hydrogen-bond acceptors (Lipinski definition) is 7. The molecule has 0 aromatic heterocycles. The fraction of sp³-hybridized carbons (Fsp3) is 0.188. The van der Waals surface area contributed by atoms with Crippen LogP contribution in [-0.2, 0) is 10.2 Å². The van der Waals surface area contributed by atoms with Crippen LogP contribution < -0.4 is 10.2 Å². The number of allylic oxidation sites excluding steroid dienone is 2. The quantitative estimate of drug-likeness (QED) is 0.131. The van der Waals surface area contributed by atoms with Gasteiger partial charge in [0.05, 0.1) is 24.8 Å². The number of hydrazone groups is 1. The minimum atomic E-state index is -0.425. The van der Waals surface area contributed by atoms with Crippen LogP contribution in [0.3, 0.4) is 0 Å². The number of rotatable bonds is 10. The lowest BCUT2D eigenvalue weighted by molar-refractivity contribution is -0.113. The first-order chi connectivity index (χ1) is 19.0. The van der Waals surface area contributed by atoms with Gasteiger partial charge in [0.15, 0.2) is 23.6 Å². The van der Waals surface area contributed by atoms with E-state index in [1.807, 2.05) is 12.1 Å². The van der Waals surface area contributed by atoms with E-state index in [0.717, 1.165) is 5.56 Å². The van der Waals surface area contributed by atoms with Gasteiger partial charge in [0.2, 0.25) is 0 Å². The third-order valence-corrected chi connectivity index (χ3v) is 5.98. The maximum atomic E-state index is 12.8. The third-order valence-electron chi connectivity index (χ3n) is 5.98. The van der Waals surface area contributed by atoms with Gasteiger partial charge < -0.3 is 14.9 Å². The second-order valence-electron chi connectivity index (χ2n) is 10.0. The molecule has 0 atom stereocenters. The van der Waals surface area contributed by atoms with Crippen LogP contribution in [0.1, 0.15) is 64.6 Å². The lowest BCUT2D eigenvalue weighted by Gasteiger charge is -2.18. The molecular formula is C32H32N2O6. The number of amides is 1. The molecule has 206 valence electrons. The standard InChI is InChI=1S/C32H32N2O6/c1-32(2,3)25-11-9-23(10-12-25)31(39)34-33-26(13-5-22-8-16-29(38)30(18-22)40-4)19-27(36)14-6-21-7-15-28(37)24(17-21)20-35/h5-18,20,37-38H,19H2,1-4H3,(H,34,39)/b13-5+,14-6+,33-26+. The zero-order valence-corrected chi connectivity index (χ0v) is 22.8. The molecular weight excluding hydrogens is 508 g/mol.